The highest BCUT2D eigenvalue weighted by Crippen LogP contribution is 2.28. The number of carbonyl (C=O) groups is 3. The van der Waals surface area contributed by atoms with Crippen LogP contribution >= 0.6 is 11.3 Å². The third-order valence-corrected chi connectivity index (χ3v) is 8.56. The topological polar surface area (TPSA) is 141 Å². The Morgan fingerprint density at radius 2 is 1.57 bits per heavy atom. The number of aromatic hydroxyl groups is 1. The zero-order valence-electron chi connectivity index (χ0n) is 26.6. The number of phenols is 1. The van der Waals surface area contributed by atoms with Crippen molar-refractivity contribution in [2.75, 3.05) is 45.9 Å². The summed E-state index contributed by atoms with van der Waals surface area (Å²) in [5, 5.41) is 16.9. The van der Waals surface area contributed by atoms with Gasteiger partial charge >= 0.3 is 28.8 Å². The fraction of sp³-hybridized carbons (Fsp3) is 0.500. The van der Waals surface area contributed by atoms with Gasteiger partial charge in [0.1, 0.15) is 11.3 Å². The van der Waals surface area contributed by atoms with Crippen LogP contribution in [0.1, 0.15) is 36.0 Å². The molecule has 3 aromatic rings. The van der Waals surface area contributed by atoms with E-state index in [1.54, 1.807) is 6.07 Å². The van der Waals surface area contributed by atoms with Crippen molar-refractivity contribution in [1.29, 1.82) is 0 Å². The Kier molecular flexibility index (Phi) is 14.8. The van der Waals surface area contributed by atoms with Gasteiger partial charge in [0.05, 0.1) is 4.70 Å². The number of hydrogen-bond donors (Lipinski definition) is 4. The monoisotopic (exact) mass is 720 g/mol. The summed E-state index contributed by atoms with van der Waals surface area (Å²) < 4.78 is 73.3. The van der Waals surface area contributed by atoms with Crippen molar-refractivity contribution < 1.29 is 50.6 Å². The van der Waals surface area contributed by atoms with Crippen LogP contribution in [-0.2, 0) is 32.0 Å². The number of benzene rings is 2. The van der Waals surface area contributed by atoms with Gasteiger partial charge < -0.3 is 30.4 Å². The number of rotatable bonds is 14. The summed E-state index contributed by atoms with van der Waals surface area (Å²) in [6.07, 6.45) is -7.60. The van der Waals surface area contributed by atoms with Gasteiger partial charge in [0.25, 0.3) is 0 Å². The maximum atomic E-state index is 13.1. The molecule has 0 atom stereocenters. The molecule has 2 aromatic carbocycles. The van der Waals surface area contributed by atoms with Gasteiger partial charge in [-0.25, -0.2) is 0 Å². The van der Waals surface area contributed by atoms with Crippen molar-refractivity contribution in [2.45, 2.75) is 57.4 Å². The van der Waals surface area contributed by atoms with Crippen LogP contribution in [0.25, 0.3) is 10.2 Å². The molecule has 1 fully saturated rings. The number of ether oxygens (including phenoxy) is 1. The summed E-state index contributed by atoms with van der Waals surface area (Å²) in [6.45, 7) is 7.13. The Hall–Kier alpha value is -3.80. The number of nitrogens with one attached hydrogen (secondary N) is 3. The average Bonchev–Trinajstić information content (AvgIpc) is 3.45. The molecule has 0 bridgehead atoms. The van der Waals surface area contributed by atoms with Crippen LogP contribution in [0, 0.1) is 6.92 Å². The van der Waals surface area contributed by atoms with E-state index >= 15 is 0 Å². The first-order valence-corrected chi connectivity index (χ1v) is 16.3. The molecule has 1 amide bonds. The quantitative estimate of drug-likeness (QED) is 0.110. The molecule has 4 rings (SSSR count). The maximum absolute atomic E-state index is 13.1. The van der Waals surface area contributed by atoms with E-state index in [1.807, 2.05) is 11.0 Å². The second-order valence-electron chi connectivity index (χ2n) is 11.3. The SMILES string of the molecule is Cc1cccc(CCNCCC(=O)N(CCNCCc2ccc(O)c3[nH]c(=O)sc23)C2CCOCC2)c1.O=C(C(=O)C(F)(F)F)C(F)(F)F. The lowest BCUT2D eigenvalue weighted by molar-refractivity contribution is -0.193. The van der Waals surface area contributed by atoms with Crippen molar-refractivity contribution >= 4 is 39.0 Å². The number of carbonyl (C=O) groups excluding carboxylic acids is 3. The minimum Gasteiger partial charge on any atom is -0.506 e. The fourth-order valence-corrected chi connectivity index (χ4v) is 6.04. The molecule has 1 saturated heterocycles. The first-order chi connectivity index (χ1) is 23.1. The largest absolute Gasteiger partial charge is 0.506 e. The molecule has 270 valence electrons. The van der Waals surface area contributed by atoms with E-state index in [9.17, 15) is 50.6 Å². The molecule has 1 aliphatic heterocycles. The molecule has 0 radical (unpaired) electrons. The zero-order chi connectivity index (χ0) is 36.2. The third-order valence-electron chi connectivity index (χ3n) is 7.60. The third kappa shape index (κ3) is 12.5. The number of ketones is 2. The fourth-order valence-electron chi connectivity index (χ4n) is 5.15. The number of thiazole rings is 1. The number of alkyl halides is 6. The molecular formula is C32H38F6N4O6S. The number of halogens is 6. The van der Waals surface area contributed by atoms with Gasteiger partial charge in [0.15, 0.2) is 0 Å². The van der Waals surface area contributed by atoms with E-state index in [4.69, 9.17) is 4.74 Å². The molecule has 1 aliphatic rings. The number of nitrogens with zero attached hydrogens (tertiary/aromatic N) is 1. The molecule has 0 spiro atoms. The summed E-state index contributed by atoms with van der Waals surface area (Å²) in [5.74, 6) is -6.53. The Bertz CT molecular complexity index is 1590. The number of hydrogen-bond acceptors (Lipinski definition) is 9. The van der Waals surface area contributed by atoms with Gasteiger partial charge in [0, 0.05) is 45.3 Å². The van der Waals surface area contributed by atoms with Crippen LogP contribution < -0.4 is 15.5 Å². The molecule has 17 heteroatoms. The summed E-state index contributed by atoms with van der Waals surface area (Å²) in [7, 11) is 0. The van der Waals surface area contributed by atoms with Gasteiger partial charge in [0.2, 0.25) is 5.91 Å². The number of aromatic nitrogens is 1. The highest BCUT2D eigenvalue weighted by atomic mass is 32.1. The van der Waals surface area contributed by atoms with Gasteiger partial charge in [-0.1, -0.05) is 47.2 Å². The molecule has 10 nitrogen and oxygen atoms in total. The van der Waals surface area contributed by atoms with Crippen LogP contribution in [0.2, 0.25) is 0 Å². The van der Waals surface area contributed by atoms with Crippen molar-refractivity contribution in [3.05, 3.63) is 62.8 Å². The van der Waals surface area contributed by atoms with Gasteiger partial charge in [-0.15, -0.1) is 0 Å². The highest BCUT2D eigenvalue weighted by molar-refractivity contribution is 7.16. The average molecular weight is 721 g/mol. The molecule has 4 N–H and O–H groups in total. The number of aryl methyl sites for hydroxylation is 1. The molecule has 2 heterocycles. The second-order valence-corrected chi connectivity index (χ2v) is 12.3. The Morgan fingerprint density at radius 1 is 0.939 bits per heavy atom. The van der Waals surface area contributed by atoms with Crippen LogP contribution in [0.15, 0.2) is 41.2 Å². The van der Waals surface area contributed by atoms with Gasteiger partial charge in [-0.2, -0.15) is 26.3 Å². The normalized spacial score (nSPS) is 13.9. The lowest BCUT2D eigenvalue weighted by atomic mass is 10.1. The van der Waals surface area contributed by atoms with Gasteiger partial charge in [-0.3, -0.25) is 19.2 Å². The van der Waals surface area contributed by atoms with Crippen LogP contribution in [0.4, 0.5) is 26.3 Å². The smallest absolute Gasteiger partial charge is 0.458 e. The predicted octanol–water partition coefficient (Wildman–Crippen LogP) is 4.21. The Balaban J connectivity index is 0.000000463. The first-order valence-electron chi connectivity index (χ1n) is 15.5. The number of phenolic OH excluding ortho intramolecular Hbond substituents is 1. The summed E-state index contributed by atoms with van der Waals surface area (Å²) in [4.78, 5) is 48.7. The lowest BCUT2D eigenvalue weighted by Gasteiger charge is -2.34. The predicted molar refractivity (Wildman–Crippen MR) is 171 cm³/mol. The van der Waals surface area contributed by atoms with Crippen LogP contribution in [0.5, 0.6) is 5.75 Å². The first kappa shape index (κ1) is 39.6. The van der Waals surface area contributed by atoms with E-state index < -0.39 is 23.9 Å². The summed E-state index contributed by atoms with van der Waals surface area (Å²) in [6, 6.07) is 12.3. The highest BCUT2D eigenvalue weighted by Gasteiger charge is 2.54. The number of amides is 1. The molecule has 0 aliphatic carbocycles. The van der Waals surface area contributed by atoms with Crippen molar-refractivity contribution in [3.63, 3.8) is 0 Å². The lowest BCUT2D eigenvalue weighted by Crippen LogP contribution is -2.47. The van der Waals surface area contributed by atoms with Gasteiger partial charge in [-0.05, 0) is 62.9 Å². The van der Waals surface area contributed by atoms with E-state index in [0.29, 0.717) is 44.8 Å². The van der Waals surface area contributed by atoms with E-state index in [-0.39, 0.29) is 22.6 Å². The van der Waals surface area contributed by atoms with E-state index in [0.717, 1.165) is 60.4 Å². The number of fused-ring (bicyclic) bond motifs is 1. The standard InChI is InChI=1S/C28H38N4O4S.C4F6O2/c1-20-3-2-4-21(19-20)7-12-29-14-9-25(34)32(23-10-17-36-18-11-23)16-15-30-13-8-22-5-6-24(33)26-27(22)37-28(35)31-26;5-3(6,7)1(11)2(12)4(8,9)10/h2-6,19,23,29-30,33H,7-18H2,1H3,(H,31,35);. The van der Waals surface area contributed by atoms with Crippen LogP contribution in [-0.4, -0.2) is 96.8 Å². The number of aromatic amines is 1. The molecule has 1 aromatic heterocycles. The summed E-state index contributed by atoms with van der Waals surface area (Å²) >= 11 is 1.12. The molecule has 49 heavy (non-hydrogen) atoms. The second kappa shape index (κ2) is 18.3. The molecular weight excluding hydrogens is 682 g/mol. The summed E-state index contributed by atoms with van der Waals surface area (Å²) in [5.41, 5.74) is 4.12. The molecule has 0 saturated carbocycles. The van der Waals surface area contributed by atoms with E-state index in [2.05, 4.69) is 46.8 Å². The minimum atomic E-state index is -5.77. The van der Waals surface area contributed by atoms with Crippen molar-refractivity contribution in [3.8, 4) is 5.75 Å². The minimum absolute atomic E-state index is 0.0975. The Labute approximate surface area is 281 Å². The van der Waals surface area contributed by atoms with Crippen molar-refractivity contribution in [1.82, 2.24) is 20.5 Å². The number of H-pyrrole nitrogens is 1. The van der Waals surface area contributed by atoms with E-state index in [1.165, 1.54) is 11.1 Å². The van der Waals surface area contributed by atoms with Crippen LogP contribution in [0.3, 0.4) is 0 Å². The molecule has 0 unspecified atom stereocenters. The zero-order valence-corrected chi connectivity index (χ0v) is 27.5. The number of Topliss-reactive ketones (excluding diaryl/α,β-unsaturated/α-hetero) is 2. The Morgan fingerprint density at radius 3 is 2.20 bits per heavy atom. The maximum Gasteiger partial charge on any atom is 0.458 e. The van der Waals surface area contributed by atoms with Crippen molar-refractivity contribution in [2.24, 2.45) is 0 Å².